The molecule has 1 aromatic carbocycles. The van der Waals surface area contributed by atoms with Gasteiger partial charge >= 0.3 is 0 Å². The highest BCUT2D eigenvalue weighted by Gasteiger charge is 2.15. The second-order valence-corrected chi connectivity index (χ2v) is 4.95. The zero-order valence-electron chi connectivity index (χ0n) is 11.5. The summed E-state index contributed by atoms with van der Waals surface area (Å²) in [6, 6.07) is 5.11. The Labute approximate surface area is 118 Å². The van der Waals surface area contributed by atoms with Crippen molar-refractivity contribution in [3.8, 4) is 0 Å². The molecule has 1 rings (SSSR count). The molecule has 0 aliphatic rings. The number of likely N-dealkylation sites (N-methyl/N-ethyl adjacent to an activating group) is 1. The summed E-state index contributed by atoms with van der Waals surface area (Å²) in [7, 11) is 3.45. The monoisotopic (exact) mass is 282 g/mol. The maximum atomic E-state index is 11.8. The zero-order valence-corrected chi connectivity index (χ0v) is 12.3. The Bertz CT molecular complexity index is 461. The highest BCUT2D eigenvalue weighted by atomic mass is 35.5. The van der Waals surface area contributed by atoms with Crippen molar-refractivity contribution in [2.45, 2.75) is 13.3 Å². The van der Waals surface area contributed by atoms with Gasteiger partial charge in [-0.15, -0.1) is 0 Å². The molecule has 4 nitrogen and oxygen atoms in total. The van der Waals surface area contributed by atoms with E-state index in [0.717, 1.165) is 24.9 Å². The van der Waals surface area contributed by atoms with Crippen LogP contribution in [0, 0.1) is 0 Å². The molecule has 0 saturated carbocycles. The molecule has 5 heteroatoms. The van der Waals surface area contributed by atoms with E-state index < -0.39 is 0 Å². The molecule has 104 valence electrons. The van der Waals surface area contributed by atoms with Gasteiger partial charge < -0.3 is 9.80 Å². The molecule has 1 aromatic rings. The van der Waals surface area contributed by atoms with Crippen LogP contribution in [-0.4, -0.2) is 44.3 Å². The first kappa shape index (κ1) is 15.5. The summed E-state index contributed by atoms with van der Waals surface area (Å²) in [4.78, 5) is 26.0. The molecule has 0 aliphatic heterocycles. The second-order valence-electron chi connectivity index (χ2n) is 4.54. The van der Waals surface area contributed by atoms with E-state index >= 15 is 0 Å². The summed E-state index contributed by atoms with van der Waals surface area (Å²) in [5, 5.41) is 0.490. The van der Waals surface area contributed by atoms with Crippen molar-refractivity contribution in [3.63, 3.8) is 0 Å². The van der Waals surface area contributed by atoms with E-state index in [1.807, 2.05) is 11.8 Å². The number of rotatable bonds is 6. The van der Waals surface area contributed by atoms with Crippen molar-refractivity contribution < 1.29 is 9.59 Å². The van der Waals surface area contributed by atoms with Gasteiger partial charge in [0.1, 0.15) is 6.29 Å². The number of anilines is 1. The van der Waals surface area contributed by atoms with Crippen LogP contribution in [0.5, 0.6) is 0 Å². The SMILES string of the molecule is CCCN(CC(=O)N(C)C)c1ccc(C=O)cc1Cl. The molecule has 0 radical (unpaired) electrons. The fraction of sp³-hybridized carbons (Fsp3) is 0.429. The molecule has 0 aliphatic carbocycles. The minimum absolute atomic E-state index is 0.0176. The summed E-state index contributed by atoms with van der Waals surface area (Å²) in [5.41, 5.74) is 1.31. The van der Waals surface area contributed by atoms with E-state index in [1.165, 1.54) is 0 Å². The highest BCUT2D eigenvalue weighted by molar-refractivity contribution is 6.33. The number of amides is 1. The van der Waals surface area contributed by atoms with Crippen LogP contribution in [0.1, 0.15) is 23.7 Å². The first-order chi connectivity index (χ1) is 8.99. The standard InChI is InChI=1S/C14H19ClN2O2/c1-4-7-17(9-14(19)16(2)3)13-6-5-11(10-18)8-12(13)15/h5-6,8,10H,4,7,9H2,1-3H3. The molecule has 0 saturated heterocycles. The third kappa shape index (κ3) is 4.24. The topological polar surface area (TPSA) is 40.6 Å². The maximum Gasteiger partial charge on any atom is 0.241 e. The van der Waals surface area contributed by atoms with Crippen LogP contribution < -0.4 is 4.90 Å². The number of carbonyl (C=O) groups is 2. The second kappa shape index (κ2) is 7.14. The van der Waals surface area contributed by atoms with E-state index in [9.17, 15) is 9.59 Å². The molecule has 0 fully saturated rings. The van der Waals surface area contributed by atoms with Gasteiger partial charge in [0.25, 0.3) is 0 Å². The van der Waals surface area contributed by atoms with E-state index in [0.29, 0.717) is 10.6 Å². The lowest BCUT2D eigenvalue weighted by Crippen LogP contribution is -2.37. The summed E-state index contributed by atoms with van der Waals surface area (Å²) >= 11 is 6.18. The average Bonchev–Trinajstić information content (AvgIpc) is 2.37. The maximum absolute atomic E-state index is 11.8. The van der Waals surface area contributed by atoms with Gasteiger partial charge in [-0.3, -0.25) is 9.59 Å². The predicted molar refractivity (Wildman–Crippen MR) is 78.0 cm³/mol. The van der Waals surface area contributed by atoms with Crippen LogP contribution in [0.3, 0.4) is 0 Å². The summed E-state index contributed by atoms with van der Waals surface area (Å²) < 4.78 is 0. The molecule has 0 spiro atoms. The number of hydrogen-bond acceptors (Lipinski definition) is 3. The van der Waals surface area contributed by atoms with Gasteiger partial charge in [-0.05, 0) is 24.6 Å². The molecule has 1 amide bonds. The van der Waals surface area contributed by atoms with Crippen molar-refractivity contribution in [3.05, 3.63) is 28.8 Å². The normalized spacial score (nSPS) is 10.1. The van der Waals surface area contributed by atoms with Crippen molar-refractivity contribution in [1.29, 1.82) is 0 Å². The third-order valence-electron chi connectivity index (χ3n) is 2.77. The van der Waals surface area contributed by atoms with E-state index in [2.05, 4.69) is 0 Å². The highest BCUT2D eigenvalue weighted by Crippen LogP contribution is 2.26. The first-order valence-electron chi connectivity index (χ1n) is 6.19. The number of benzene rings is 1. The summed E-state index contributed by atoms with van der Waals surface area (Å²) in [6.07, 6.45) is 1.66. The van der Waals surface area contributed by atoms with E-state index in [4.69, 9.17) is 11.6 Å². The van der Waals surface area contributed by atoms with Gasteiger partial charge in [-0.2, -0.15) is 0 Å². The average molecular weight is 283 g/mol. The fourth-order valence-electron chi connectivity index (χ4n) is 1.71. The van der Waals surface area contributed by atoms with Crippen LogP contribution >= 0.6 is 11.6 Å². The molecule has 0 N–H and O–H groups in total. The predicted octanol–water partition coefficient (Wildman–Crippen LogP) is 2.46. The summed E-state index contributed by atoms with van der Waals surface area (Å²) in [6.45, 7) is 3.06. The Hall–Kier alpha value is -1.55. The van der Waals surface area contributed by atoms with Crippen molar-refractivity contribution in [2.24, 2.45) is 0 Å². The molecule has 0 aromatic heterocycles. The third-order valence-corrected chi connectivity index (χ3v) is 3.07. The Morgan fingerprint density at radius 1 is 1.37 bits per heavy atom. The van der Waals surface area contributed by atoms with Crippen LogP contribution in [0.25, 0.3) is 0 Å². The zero-order chi connectivity index (χ0) is 14.4. The minimum Gasteiger partial charge on any atom is -0.361 e. The Morgan fingerprint density at radius 2 is 2.05 bits per heavy atom. The lowest BCUT2D eigenvalue weighted by atomic mass is 10.2. The molecular weight excluding hydrogens is 264 g/mol. The smallest absolute Gasteiger partial charge is 0.241 e. The quantitative estimate of drug-likeness (QED) is 0.753. The van der Waals surface area contributed by atoms with Crippen LogP contribution in [-0.2, 0) is 4.79 Å². The van der Waals surface area contributed by atoms with Gasteiger partial charge in [0.15, 0.2) is 0 Å². The molecule has 0 unspecified atom stereocenters. The van der Waals surface area contributed by atoms with E-state index in [-0.39, 0.29) is 12.5 Å². The van der Waals surface area contributed by atoms with Gasteiger partial charge in [0, 0.05) is 26.2 Å². The lowest BCUT2D eigenvalue weighted by molar-refractivity contribution is -0.127. The molecule has 0 heterocycles. The molecule has 19 heavy (non-hydrogen) atoms. The Kier molecular flexibility index (Phi) is 5.83. The number of aldehydes is 1. The number of hydrogen-bond donors (Lipinski definition) is 0. The van der Waals surface area contributed by atoms with E-state index in [1.54, 1.807) is 37.2 Å². The van der Waals surface area contributed by atoms with Gasteiger partial charge in [-0.1, -0.05) is 18.5 Å². The Balaban J connectivity index is 2.98. The van der Waals surface area contributed by atoms with Crippen LogP contribution in [0.2, 0.25) is 5.02 Å². The number of halogens is 1. The lowest BCUT2D eigenvalue weighted by Gasteiger charge is -2.26. The van der Waals surface area contributed by atoms with Crippen LogP contribution in [0.15, 0.2) is 18.2 Å². The van der Waals surface area contributed by atoms with Gasteiger partial charge in [-0.25, -0.2) is 0 Å². The van der Waals surface area contributed by atoms with Gasteiger partial charge in [0.2, 0.25) is 5.91 Å². The molecular formula is C14H19ClN2O2. The first-order valence-corrected chi connectivity index (χ1v) is 6.57. The van der Waals surface area contributed by atoms with Crippen LogP contribution in [0.4, 0.5) is 5.69 Å². The number of nitrogens with zero attached hydrogens (tertiary/aromatic N) is 2. The minimum atomic E-state index is 0.0176. The molecule has 0 atom stereocenters. The molecule has 0 bridgehead atoms. The Morgan fingerprint density at radius 3 is 2.53 bits per heavy atom. The van der Waals surface area contributed by atoms with Crippen molar-refractivity contribution >= 4 is 29.5 Å². The largest absolute Gasteiger partial charge is 0.361 e. The summed E-state index contributed by atoms with van der Waals surface area (Å²) in [5.74, 6) is 0.0176. The van der Waals surface area contributed by atoms with Crippen molar-refractivity contribution in [2.75, 3.05) is 32.1 Å². The number of carbonyl (C=O) groups excluding carboxylic acids is 2. The van der Waals surface area contributed by atoms with Gasteiger partial charge in [0.05, 0.1) is 17.3 Å². The fourth-order valence-corrected chi connectivity index (χ4v) is 2.02. The van der Waals surface area contributed by atoms with Crippen molar-refractivity contribution in [1.82, 2.24) is 4.90 Å².